The molecule has 1 heterocycles. The third-order valence-corrected chi connectivity index (χ3v) is 3.88. The molecule has 0 radical (unpaired) electrons. The molecule has 0 aliphatic carbocycles. The molecule has 3 aromatic rings. The van der Waals surface area contributed by atoms with Gasteiger partial charge in [-0.1, -0.05) is 0 Å². The number of halogens is 2. The number of phenols is 2. The normalized spacial score (nSPS) is 11.3. The molecule has 0 aliphatic rings. The van der Waals surface area contributed by atoms with Gasteiger partial charge in [0.15, 0.2) is 17.4 Å². The predicted molar refractivity (Wildman–Crippen MR) is 95.2 cm³/mol. The molecule has 0 bridgehead atoms. The van der Waals surface area contributed by atoms with Crippen LogP contribution in [0.2, 0.25) is 0 Å². The Labute approximate surface area is 152 Å². The van der Waals surface area contributed by atoms with E-state index >= 15 is 0 Å². The topological polar surface area (TPSA) is 83.1 Å². The van der Waals surface area contributed by atoms with Crippen molar-refractivity contribution in [2.24, 2.45) is 0 Å². The molecule has 0 saturated heterocycles. The van der Waals surface area contributed by atoms with Crippen molar-refractivity contribution in [3.05, 3.63) is 52.2 Å². The van der Waals surface area contributed by atoms with Crippen LogP contribution in [0.3, 0.4) is 0 Å². The van der Waals surface area contributed by atoms with Crippen molar-refractivity contribution in [2.45, 2.75) is 0 Å². The molecule has 0 unspecified atom stereocenters. The summed E-state index contributed by atoms with van der Waals surface area (Å²) in [6.45, 7) is 0.606. The van der Waals surface area contributed by atoms with Gasteiger partial charge in [0.2, 0.25) is 11.2 Å². The summed E-state index contributed by atoms with van der Waals surface area (Å²) in [7, 11) is 3.63. The highest BCUT2D eigenvalue weighted by molar-refractivity contribution is 5.88. The third-order valence-electron chi connectivity index (χ3n) is 3.88. The zero-order chi connectivity index (χ0) is 19.7. The number of likely N-dealkylation sites (N-methyl/N-ethyl adjacent to an activating group) is 1. The Bertz CT molecular complexity index is 1060. The van der Waals surface area contributed by atoms with E-state index in [0.717, 1.165) is 24.3 Å². The maximum atomic E-state index is 13.7. The second-order valence-electron chi connectivity index (χ2n) is 6.21. The number of hydrogen-bond donors (Lipinski definition) is 2. The molecule has 1 aromatic heterocycles. The minimum atomic E-state index is -1.12. The van der Waals surface area contributed by atoms with E-state index in [-0.39, 0.29) is 40.4 Å². The quantitative estimate of drug-likeness (QED) is 0.711. The average Bonchev–Trinajstić information content (AvgIpc) is 2.58. The van der Waals surface area contributed by atoms with Crippen LogP contribution >= 0.6 is 0 Å². The minimum absolute atomic E-state index is 0.0792. The summed E-state index contributed by atoms with van der Waals surface area (Å²) >= 11 is 0. The molecule has 8 heteroatoms. The molecular formula is C19H17F2NO5. The van der Waals surface area contributed by atoms with Crippen LogP contribution < -0.4 is 10.2 Å². The number of nitrogens with zero attached hydrogens (tertiary/aromatic N) is 1. The lowest BCUT2D eigenvalue weighted by Crippen LogP contribution is -2.21. The number of phenolic OH excluding ortho intramolecular Hbond substituents is 2. The lowest BCUT2D eigenvalue weighted by Gasteiger charge is -2.14. The molecule has 142 valence electrons. The van der Waals surface area contributed by atoms with E-state index in [1.54, 1.807) is 0 Å². The van der Waals surface area contributed by atoms with Gasteiger partial charge in [0, 0.05) is 24.2 Å². The van der Waals surface area contributed by atoms with Crippen LogP contribution in [0.5, 0.6) is 17.2 Å². The largest absolute Gasteiger partial charge is 0.508 e. The van der Waals surface area contributed by atoms with Crippen molar-refractivity contribution in [1.82, 2.24) is 4.90 Å². The predicted octanol–water partition coefficient (Wildman–Crippen LogP) is 3.09. The van der Waals surface area contributed by atoms with Crippen LogP contribution in [0, 0.1) is 11.6 Å². The molecule has 0 spiro atoms. The Morgan fingerprint density at radius 1 is 1.11 bits per heavy atom. The van der Waals surface area contributed by atoms with Gasteiger partial charge in [-0.3, -0.25) is 4.79 Å². The Kier molecular flexibility index (Phi) is 5.00. The molecule has 0 fully saturated rings. The zero-order valence-corrected chi connectivity index (χ0v) is 14.6. The van der Waals surface area contributed by atoms with Gasteiger partial charge in [-0.05, 0) is 32.3 Å². The van der Waals surface area contributed by atoms with Gasteiger partial charge in [0.25, 0.3) is 0 Å². The molecule has 0 aliphatic heterocycles. The number of fused-ring (bicyclic) bond motifs is 1. The van der Waals surface area contributed by atoms with Crippen LogP contribution in [-0.2, 0) is 0 Å². The van der Waals surface area contributed by atoms with Gasteiger partial charge < -0.3 is 24.3 Å². The first-order chi connectivity index (χ1) is 12.8. The smallest absolute Gasteiger partial charge is 0.239 e. The zero-order valence-electron chi connectivity index (χ0n) is 14.6. The van der Waals surface area contributed by atoms with Gasteiger partial charge >= 0.3 is 0 Å². The first-order valence-electron chi connectivity index (χ1n) is 8.03. The molecule has 2 aromatic carbocycles. The standard InChI is InChI=1S/C19H17F2NO5/c1-22(2)5-6-26-19-17(25)16-14(24)8-11(23)9-15(16)27-18(19)10-3-4-12(20)13(21)7-10/h3-4,7-9,23-24H,5-6H2,1-2H3. The molecule has 2 N–H and O–H groups in total. The van der Waals surface area contributed by atoms with E-state index in [1.165, 1.54) is 6.07 Å². The van der Waals surface area contributed by atoms with Crippen LogP contribution in [-0.4, -0.2) is 42.4 Å². The summed E-state index contributed by atoms with van der Waals surface area (Å²) in [6, 6.07) is 5.16. The van der Waals surface area contributed by atoms with Crippen molar-refractivity contribution in [2.75, 3.05) is 27.2 Å². The third kappa shape index (κ3) is 3.70. The van der Waals surface area contributed by atoms with Crippen LogP contribution in [0.15, 0.2) is 39.5 Å². The van der Waals surface area contributed by atoms with Crippen LogP contribution in [0.1, 0.15) is 0 Å². The summed E-state index contributed by atoms with van der Waals surface area (Å²) in [6.07, 6.45) is 0. The second kappa shape index (κ2) is 7.24. The lowest BCUT2D eigenvalue weighted by atomic mass is 10.1. The van der Waals surface area contributed by atoms with Crippen molar-refractivity contribution in [3.8, 4) is 28.6 Å². The van der Waals surface area contributed by atoms with Crippen molar-refractivity contribution >= 4 is 11.0 Å². The van der Waals surface area contributed by atoms with Crippen molar-refractivity contribution in [1.29, 1.82) is 0 Å². The van der Waals surface area contributed by atoms with E-state index < -0.39 is 22.8 Å². The molecule has 0 amide bonds. The molecule has 3 rings (SSSR count). The summed E-state index contributed by atoms with van der Waals surface area (Å²) < 4.78 is 38.1. The van der Waals surface area contributed by atoms with Gasteiger partial charge in [-0.2, -0.15) is 0 Å². The van der Waals surface area contributed by atoms with E-state index in [4.69, 9.17) is 9.15 Å². The van der Waals surface area contributed by atoms with E-state index in [1.807, 2.05) is 19.0 Å². The first-order valence-corrected chi connectivity index (χ1v) is 8.03. The lowest BCUT2D eigenvalue weighted by molar-refractivity contribution is 0.256. The van der Waals surface area contributed by atoms with Crippen LogP contribution in [0.25, 0.3) is 22.3 Å². The summed E-state index contributed by atoms with van der Waals surface area (Å²) in [5.74, 6) is -3.33. The maximum absolute atomic E-state index is 13.7. The molecule has 0 saturated carbocycles. The summed E-state index contributed by atoms with van der Waals surface area (Å²) in [5, 5.41) is 19.5. The molecule has 0 atom stereocenters. The van der Waals surface area contributed by atoms with Gasteiger partial charge in [0.1, 0.15) is 29.1 Å². The SMILES string of the molecule is CN(C)CCOc1c(-c2ccc(F)c(F)c2)oc2cc(O)cc(O)c2c1=O. The van der Waals surface area contributed by atoms with E-state index in [9.17, 15) is 23.8 Å². The highest BCUT2D eigenvalue weighted by Gasteiger charge is 2.21. The fourth-order valence-corrected chi connectivity index (χ4v) is 2.56. The van der Waals surface area contributed by atoms with Crippen molar-refractivity contribution in [3.63, 3.8) is 0 Å². The fourth-order valence-electron chi connectivity index (χ4n) is 2.56. The van der Waals surface area contributed by atoms with E-state index in [0.29, 0.717) is 6.54 Å². The number of ether oxygens (including phenoxy) is 1. The summed E-state index contributed by atoms with van der Waals surface area (Å²) in [4.78, 5) is 14.7. The Hall–Kier alpha value is -3.13. The van der Waals surface area contributed by atoms with Crippen LogP contribution in [0.4, 0.5) is 8.78 Å². The number of benzene rings is 2. The highest BCUT2D eigenvalue weighted by atomic mass is 19.2. The first kappa shape index (κ1) is 18.7. The Morgan fingerprint density at radius 2 is 1.85 bits per heavy atom. The molecule has 27 heavy (non-hydrogen) atoms. The maximum Gasteiger partial charge on any atom is 0.239 e. The van der Waals surface area contributed by atoms with Gasteiger partial charge in [0.05, 0.1) is 0 Å². The van der Waals surface area contributed by atoms with E-state index in [2.05, 4.69) is 0 Å². The second-order valence-corrected chi connectivity index (χ2v) is 6.21. The minimum Gasteiger partial charge on any atom is -0.508 e. The Balaban J connectivity index is 2.25. The fraction of sp³-hybridized carbons (Fsp3) is 0.211. The van der Waals surface area contributed by atoms with Gasteiger partial charge in [-0.15, -0.1) is 0 Å². The highest BCUT2D eigenvalue weighted by Crippen LogP contribution is 2.36. The molecule has 6 nitrogen and oxygen atoms in total. The average molecular weight is 377 g/mol. The number of aromatic hydroxyl groups is 2. The summed E-state index contributed by atoms with van der Waals surface area (Å²) in [5.41, 5.74) is -0.722. The number of hydrogen-bond acceptors (Lipinski definition) is 6. The molecular weight excluding hydrogens is 360 g/mol. The van der Waals surface area contributed by atoms with Gasteiger partial charge in [-0.25, -0.2) is 8.78 Å². The Morgan fingerprint density at radius 3 is 2.52 bits per heavy atom. The number of rotatable bonds is 5. The van der Waals surface area contributed by atoms with Crippen molar-refractivity contribution < 1.29 is 28.1 Å². The monoisotopic (exact) mass is 377 g/mol.